The maximum atomic E-state index is 12.8. The fourth-order valence-corrected chi connectivity index (χ4v) is 1.99. The van der Waals surface area contributed by atoms with Gasteiger partial charge in [0, 0.05) is 5.56 Å². The zero-order valence-electron chi connectivity index (χ0n) is 8.91. The average molecular weight is 357 g/mol. The number of carbonyl (C=O) groups excluding carboxylic acids is 1. The van der Waals surface area contributed by atoms with Crippen LogP contribution in [-0.4, -0.2) is 22.7 Å². The molecule has 4 nitrogen and oxygen atoms in total. The molecule has 0 bridgehead atoms. The van der Waals surface area contributed by atoms with E-state index < -0.39 is 30.1 Å². The number of nitrogens with zero attached hydrogens (tertiary/aromatic N) is 1. The van der Waals surface area contributed by atoms with E-state index in [1.54, 1.807) is 29.5 Å². The Bertz CT molecular complexity index is 426. The molecule has 0 unspecified atom stereocenters. The second kappa shape index (κ2) is 6.08. The minimum absolute atomic E-state index is 0.0645. The molecular weight excluding hydrogens is 347 g/mol. The number of hydrogen-bond donors (Lipinski definition) is 1. The Balaban J connectivity index is 3.12. The first-order valence-corrected chi connectivity index (χ1v) is 5.85. The van der Waals surface area contributed by atoms with E-state index in [4.69, 9.17) is 0 Å². The summed E-state index contributed by atoms with van der Waals surface area (Å²) >= 11 is 1.63. The Hall–Kier alpha value is -0.990. The summed E-state index contributed by atoms with van der Waals surface area (Å²) in [5.74, 6) is -1.08. The van der Waals surface area contributed by atoms with Crippen LogP contribution in [0.15, 0.2) is 6.20 Å². The smallest absolute Gasteiger partial charge is 0.310 e. The van der Waals surface area contributed by atoms with Crippen LogP contribution < -0.4 is 0 Å². The predicted octanol–water partition coefficient (Wildman–Crippen LogP) is 2.44. The molecule has 0 spiro atoms. The second-order valence-electron chi connectivity index (χ2n) is 3.11. The lowest BCUT2D eigenvalue weighted by Gasteiger charge is -2.11. The fourth-order valence-electron chi connectivity index (χ4n) is 1.29. The van der Waals surface area contributed by atoms with E-state index in [-0.39, 0.29) is 15.9 Å². The zero-order valence-corrected chi connectivity index (χ0v) is 11.1. The van der Waals surface area contributed by atoms with Crippen molar-refractivity contribution in [2.45, 2.75) is 19.8 Å². The number of pyridine rings is 1. The van der Waals surface area contributed by atoms with Crippen molar-refractivity contribution in [1.82, 2.24) is 4.98 Å². The van der Waals surface area contributed by atoms with Crippen molar-refractivity contribution in [2.24, 2.45) is 0 Å². The number of esters is 1. The summed E-state index contributed by atoms with van der Waals surface area (Å²) in [7, 11) is 0. The molecule has 1 rings (SSSR count). The maximum absolute atomic E-state index is 12.8. The lowest BCUT2D eigenvalue weighted by Crippen LogP contribution is -2.11. The second-order valence-corrected chi connectivity index (χ2v) is 4.13. The molecule has 17 heavy (non-hydrogen) atoms. The van der Waals surface area contributed by atoms with Gasteiger partial charge in [0.05, 0.1) is 24.8 Å². The van der Waals surface area contributed by atoms with Crippen LogP contribution in [0.3, 0.4) is 0 Å². The molecule has 7 heteroatoms. The van der Waals surface area contributed by atoms with Gasteiger partial charge in [0.2, 0.25) is 0 Å². The number of hydrogen-bond acceptors (Lipinski definition) is 4. The van der Waals surface area contributed by atoms with Gasteiger partial charge in [-0.2, -0.15) is 0 Å². The van der Waals surface area contributed by atoms with Crippen LogP contribution in [0.4, 0.5) is 8.78 Å². The highest BCUT2D eigenvalue weighted by Crippen LogP contribution is 2.32. The van der Waals surface area contributed by atoms with Crippen LogP contribution in [0.1, 0.15) is 24.5 Å². The summed E-state index contributed by atoms with van der Waals surface area (Å²) < 4.78 is 30.3. The largest absolute Gasteiger partial charge is 0.506 e. The number of halogens is 3. The molecule has 94 valence electrons. The minimum Gasteiger partial charge on any atom is -0.506 e. The van der Waals surface area contributed by atoms with Crippen LogP contribution in [0.5, 0.6) is 5.75 Å². The maximum Gasteiger partial charge on any atom is 0.310 e. The van der Waals surface area contributed by atoms with Gasteiger partial charge in [-0.15, -0.1) is 0 Å². The van der Waals surface area contributed by atoms with Crippen LogP contribution in [0.2, 0.25) is 0 Å². The summed E-state index contributed by atoms with van der Waals surface area (Å²) in [5.41, 5.74) is -0.545. The van der Waals surface area contributed by atoms with Crippen LogP contribution in [0.25, 0.3) is 0 Å². The highest BCUT2D eigenvalue weighted by atomic mass is 127. The van der Waals surface area contributed by atoms with E-state index in [0.717, 1.165) is 6.20 Å². The van der Waals surface area contributed by atoms with Gasteiger partial charge >= 0.3 is 5.97 Å². The molecule has 0 aromatic carbocycles. The Morgan fingerprint density at radius 2 is 2.29 bits per heavy atom. The van der Waals surface area contributed by atoms with Gasteiger partial charge in [0.15, 0.2) is 0 Å². The number of aromatic hydroxyl groups is 1. The van der Waals surface area contributed by atoms with Crippen molar-refractivity contribution in [2.75, 3.05) is 6.61 Å². The Morgan fingerprint density at radius 1 is 1.65 bits per heavy atom. The SMILES string of the molecule is CCOC(=O)Cc1c(O)cnc(I)c1C(F)F. The highest BCUT2D eigenvalue weighted by Gasteiger charge is 2.23. The van der Waals surface area contributed by atoms with E-state index in [0.29, 0.717) is 0 Å². The molecule has 0 aliphatic rings. The summed E-state index contributed by atoms with van der Waals surface area (Å²) in [6.45, 7) is 1.77. The number of aromatic nitrogens is 1. The van der Waals surface area contributed by atoms with Gasteiger partial charge < -0.3 is 9.84 Å². The Labute approximate surface area is 110 Å². The molecule has 1 aromatic heterocycles. The van der Waals surface area contributed by atoms with Crippen LogP contribution in [-0.2, 0) is 16.0 Å². The van der Waals surface area contributed by atoms with Gasteiger partial charge in [0.25, 0.3) is 6.43 Å². The standard InChI is InChI=1S/C10H10F2INO3/c1-2-17-7(16)3-5-6(15)4-14-10(13)8(5)9(11)12/h4,9,15H,2-3H2,1H3. The monoisotopic (exact) mass is 357 g/mol. The minimum atomic E-state index is -2.80. The van der Waals surface area contributed by atoms with Gasteiger partial charge in [-0.05, 0) is 29.5 Å². The van der Waals surface area contributed by atoms with Gasteiger partial charge in [-0.1, -0.05) is 0 Å². The normalized spacial score (nSPS) is 10.6. The summed E-state index contributed by atoms with van der Waals surface area (Å²) in [6.07, 6.45) is -2.15. The lowest BCUT2D eigenvalue weighted by atomic mass is 10.1. The first kappa shape index (κ1) is 14.1. The summed E-state index contributed by atoms with van der Waals surface area (Å²) in [6, 6.07) is 0. The molecule has 1 N–H and O–H groups in total. The first-order chi connectivity index (χ1) is 7.97. The van der Waals surface area contributed by atoms with Gasteiger partial charge in [-0.3, -0.25) is 4.79 Å². The van der Waals surface area contributed by atoms with E-state index in [9.17, 15) is 18.7 Å². The topological polar surface area (TPSA) is 59.4 Å². The van der Waals surface area contributed by atoms with Crippen molar-refractivity contribution >= 4 is 28.6 Å². The molecule has 0 saturated carbocycles. The average Bonchev–Trinajstić information content (AvgIpc) is 2.23. The van der Waals surface area contributed by atoms with Crippen molar-refractivity contribution in [1.29, 1.82) is 0 Å². The third-order valence-corrected chi connectivity index (χ3v) is 2.86. The molecule has 0 aliphatic heterocycles. The zero-order chi connectivity index (χ0) is 13.0. The van der Waals surface area contributed by atoms with E-state index >= 15 is 0 Å². The van der Waals surface area contributed by atoms with E-state index in [1.807, 2.05) is 0 Å². The molecule has 1 heterocycles. The fraction of sp³-hybridized carbons (Fsp3) is 0.400. The molecule has 0 saturated heterocycles. The number of carbonyl (C=O) groups is 1. The number of rotatable bonds is 4. The van der Waals surface area contributed by atoms with Crippen LogP contribution >= 0.6 is 22.6 Å². The summed E-state index contributed by atoms with van der Waals surface area (Å²) in [4.78, 5) is 14.9. The van der Waals surface area contributed by atoms with Crippen LogP contribution in [0, 0.1) is 3.70 Å². The predicted molar refractivity (Wildman–Crippen MR) is 63.9 cm³/mol. The highest BCUT2D eigenvalue weighted by molar-refractivity contribution is 14.1. The molecule has 0 radical (unpaired) electrons. The van der Waals surface area contributed by atoms with Gasteiger partial charge in [0.1, 0.15) is 9.45 Å². The molecular formula is C10H10F2INO3. The lowest BCUT2D eigenvalue weighted by molar-refractivity contribution is -0.142. The first-order valence-electron chi connectivity index (χ1n) is 4.77. The van der Waals surface area contributed by atoms with Crippen molar-refractivity contribution in [3.8, 4) is 5.75 Å². The Morgan fingerprint density at radius 3 is 2.82 bits per heavy atom. The number of alkyl halides is 2. The molecule has 0 atom stereocenters. The van der Waals surface area contributed by atoms with Crippen molar-refractivity contribution < 1.29 is 23.4 Å². The molecule has 1 aromatic rings. The van der Waals surface area contributed by atoms with E-state index in [2.05, 4.69) is 9.72 Å². The number of ether oxygens (including phenoxy) is 1. The quantitative estimate of drug-likeness (QED) is 0.511. The molecule has 0 amide bonds. The third-order valence-electron chi connectivity index (χ3n) is 2.00. The summed E-state index contributed by atoms with van der Waals surface area (Å²) in [5, 5.41) is 9.47. The van der Waals surface area contributed by atoms with Crippen molar-refractivity contribution in [3.05, 3.63) is 21.0 Å². The van der Waals surface area contributed by atoms with Gasteiger partial charge in [-0.25, -0.2) is 13.8 Å². The molecule has 0 aliphatic carbocycles. The Kier molecular flexibility index (Phi) is 5.03. The third kappa shape index (κ3) is 3.48. The van der Waals surface area contributed by atoms with E-state index in [1.165, 1.54) is 0 Å². The molecule has 0 fully saturated rings. The van der Waals surface area contributed by atoms with Crippen molar-refractivity contribution in [3.63, 3.8) is 0 Å².